The first-order chi connectivity index (χ1) is 12.6. The molecule has 2 aromatic rings. The molecule has 1 saturated heterocycles. The second-order valence-electron chi connectivity index (χ2n) is 6.35. The van der Waals surface area contributed by atoms with Crippen molar-refractivity contribution in [1.29, 1.82) is 0 Å². The minimum atomic E-state index is -0.268. The zero-order valence-corrected chi connectivity index (χ0v) is 14.9. The topological polar surface area (TPSA) is 70.7 Å². The van der Waals surface area contributed by atoms with Crippen LogP contribution in [-0.2, 0) is 4.79 Å². The van der Waals surface area contributed by atoms with Crippen LogP contribution in [0.15, 0.2) is 54.6 Å². The Morgan fingerprint density at radius 3 is 2.50 bits per heavy atom. The Kier molecular flexibility index (Phi) is 5.41. The molecule has 6 nitrogen and oxygen atoms in total. The molecule has 3 amide bonds. The van der Waals surface area contributed by atoms with Crippen molar-refractivity contribution in [2.45, 2.75) is 25.4 Å². The summed E-state index contributed by atoms with van der Waals surface area (Å²) in [5.74, 6) is 0.737. The van der Waals surface area contributed by atoms with E-state index in [-0.39, 0.29) is 24.0 Å². The lowest BCUT2D eigenvalue weighted by Gasteiger charge is -2.19. The molecule has 0 aromatic heterocycles. The van der Waals surface area contributed by atoms with Crippen LogP contribution in [0, 0.1) is 0 Å². The molecule has 1 fully saturated rings. The van der Waals surface area contributed by atoms with Gasteiger partial charge in [-0.1, -0.05) is 30.3 Å². The van der Waals surface area contributed by atoms with Crippen molar-refractivity contribution in [3.05, 3.63) is 60.2 Å². The molecule has 3 rings (SSSR count). The maximum Gasteiger partial charge on any atom is 0.315 e. The fourth-order valence-electron chi connectivity index (χ4n) is 3.06. The van der Waals surface area contributed by atoms with Gasteiger partial charge in [0.1, 0.15) is 5.75 Å². The molecule has 0 radical (unpaired) electrons. The van der Waals surface area contributed by atoms with E-state index in [4.69, 9.17) is 4.74 Å². The number of anilines is 1. The fraction of sp³-hybridized carbons (Fsp3) is 0.300. The Bertz CT molecular complexity index is 762. The lowest BCUT2D eigenvalue weighted by atomic mass is 10.1. The van der Waals surface area contributed by atoms with Crippen LogP contribution in [0.1, 0.15) is 24.9 Å². The van der Waals surface area contributed by atoms with Gasteiger partial charge in [0, 0.05) is 18.7 Å². The second-order valence-corrected chi connectivity index (χ2v) is 6.35. The summed E-state index contributed by atoms with van der Waals surface area (Å²) in [6, 6.07) is 16.5. The number of carbonyl (C=O) groups excluding carboxylic acids is 2. The zero-order chi connectivity index (χ0) is 18.5. The van der Waals surface area contributed by atoms with Gasteiger partial charge in [0.05, 0.1) is 19.2 Å². The number of ether oxygens (including phenoxy) is 1. The van der Waals surface area contributed by atoms with Crippen molar-refractivity contribution in [3.8, 4) is 5.75 Å². The van der Waals surface area contributed by atoms with E-state index in [0.29, 0.717) is 13.0 Å². The Balaban J connectivity index is 1.55. The van der Waals surface area contributed by atoms with Crippen LogP contribution in [0.3, 0.4) is 0 Å². The summed E-state index contributed by atoms with van der Waals surface area (Å²) < 4.78 is 5.14. The van der Waals surface area contributed by atoms with Crippen molar-refractivity contribution >= 4 is 17.6 Å². The molecular weight excluding hydrogens is 330 g/mol. The van der Waals surface area contributed by atoms with Gasteiger partial charge in [-0.2, -0.15) is 0 Å². The van der Waals surface area contributed by atoms with E-state index < -0.39 is 0 Å². The first-order valence-corrected chi connectivity index (χ1v) is 8.63. The monoisotopic (exact) mass is 353 g/mol. The summed E-state index contributed by atoms with van der Waals surface area (Å²) in [7, 11) is 1.60. The first kappa shape index (κ1) is 17.8. The second kappa shape index (κ2) is 7.91. The van der Waals surface area contributed by atoms with Crippen LogP contribution >= 0.6 is 0 Å². The predicted octanol–water partition coefficient (Wildman–Crippen LogP) is 2.86. The Labute approximate surface area is 153 Å². The first-order valence-electron chi connectivity index (χ1n) is 8.63. The summed E-state index contributed by atoms with van der Waals surface area (Å²) in [5.41, 5.74) is 1.84. The molecule has 136 valence electrons. The molecule has 0 bridgehead atoms. The summed E-state index contributed by atoms with van der Waals surface area (Å²) in [6.07, 6.45) is 0.291. The largest absolute Gasteiger partial charge is 0.497 e. The molecule has 1 aliphatic rings. The maximum absolute atomic E-state index is 12.3. The van der Waals surface area contributed by atoms with Crippen LogP contribution in [0.25, 0.3) is 0 Å². The molecule has 2 atom stereocenters. The normalized spacial score (nSPS) is 17.7. The quantitative estimate of drug-likeness (QED) is 0.868. The van der Waals surface area contributed by atoms with Gasteiger partial charge in [-0.15, -0.1) is 0 Å². The highest BCUT2D eigenvalue weighted by atomic mass is 16.5. The highest BCUT2D eigenvalue weighted by Gasteiger charge is 2.31. The Morgan fingerprint density at radius 1 is 1.15 bits per heavy atom. The van der Waals surface area contributed by atoms with Gasteiger partial charge >= 0.3 is 6.03 Å². The highest BCUT2D eigenvalue weighted by Crippen LogP contribution is 2.24. The molecule has 26 heavy (non-hydrogen) atoms. The van der Waals surface area contributed by atoms with Crippen LogP contribution in [0.5, 0.6) is 5.75 Å². The summed E-state index contributed by atoms with van der Waals surface area (Å²) >= 11 is 0. The van der Waals surface area contributed by atoms with Gasteiger partial charge in [-0.05, 0) is 36.8 Å². The minimum absolute atomic E-state index is 0.00317. The minimum Gasteiger partial charge on any atom is -0.497 e. The van der Waals surface area contributed by atoms with E-state index in [0.717, 1.165) is 17.0 Å². The number of amides is 3. The molecule has 1 heterocycles. The standard InChI is InChI=1S/C20H23N3O3/c1-14(15-6-4-3-5-7-15)21-20(25)22-16-12-19(24)23(13-16)17-8-10-18(26-2)11-9-17/h3-11,14,16H,12-13H2,1-2H3,(H2,21,22,25)/t14-,16+/m1/s1. The lowest BCUT2D eigenvalue weighted by Crippen LogP contribution is -2.44. The van der Waals surface area contributed by atoms with Gasteiger partial charge < -0.3 is 20.3 Å². The molecule has 1 aliphatic heterocycles. The third kappa shape index (κ3) is 4.14. The lowest BCUT2D eigenvalue weighted by molar-refractivity contribution is -0.117. The number of hydrogen-bond donors (Lipinski definition) is 2. The number of urea groups is 1. The number of hydrogen-bond acceptors (Lipinski definition) is 3. The molecular formula is C20H23N3O3. The summed E-state index contributed by atoms with van der Waals surface area (Å²) in [5, 5.41) is 5.81. The third-order valence-electron chi connectivity index (χ3n) is 4.49. The van der Waals surface area contributed by atoms with Crippen molar-refractivity contribution in [3.63, 3.8) is 0 Å². The van der Waals surface area contributed by atoms with Gasteiger partial charge in [0.15, 0.2) is 0 Å². The molecule has 0 unspecified atom stereocenters. The van der Waals surface area contributed by atoms with Gasteiger partial charge in [0.25, 0.3) is 0 Å². The predicted molar refractivity (Wildman–Crippen MR) is 100 cm³/mol. The SMILES string of the molecule is COc1ccc(N2C[C@@H](NC(=O)N[C@H](C)c3ccccc3)CC2=O)cc1. The van der Waals surface area contributed by atoms with E-state index in [1.165, 1.54) is 0 Å². The Morgan fingerprint density at radius 2 is 1.85 bits per heavy atom. The van der Waals surface area contributed by atoms with Crippen LogP contribution < -0.4 is 20.3 Å². The van der Waals surface area contributed by atoms with Crippen LogP contribution in [-0.4, -0.2) is 31.6 Å². The van der Waals surface area contributed by atoms with Crippen LogP contribution in [0.2, 0.25) is 0 Å². The van der Waals surface area contributed by atoms with Gasteiger partial charge in [-0.3, -0.25) is 4.79 Å². The van der Waals surface area contributed by atoms with E-state index in [2.05, 4.69) is 10.6 Å². The maximum atomic E-state index is 12.3. The van der Waals surface area contributed by atoms with E-state index >= 15 is 0 Å². The van der Waals surface area contributed by atoms with Crippen molar-refractivity contribution in [2.24, 2.45) is 0 Å². The number of carbonyl (C=O) groups is 2. The highest BCUT2D eigenvalue weighted by molar-refractivity contribution is 5.96. The van der Waals surface area contributed by atoms with E-state index in [9.17, 15) is 9.59 Å². The molecule has 2 aromatic carbocycles. The number of nitrogens with one attached hydrogen (secondary N) is 2. The van der Waals surface area contributed by atoms with Crippen molar-refractivity contribution in [2.75, 3.05) is 18.6 Å². The summed E-state index contributed by atoms with van der Waals surface area (Å²) in [4.78, 5) is 26.2. The Hall–Kier alpha value is -3.02. The average Bonchev–Trinajstić information content (AvgIpc) is 3.02. The molecule has 0 spiro atoms. The zero-order valence-electron chi connectivity index (χ0n) is 14.9. The number of methoxy groups -OCH3 is 1. The van der Waals surface area contributed by atoms with Crippen LogP contribution in [0.4, 0.5) is 10.5 Å². The molecule has 6 heteroatoms. The molecule has 0 saturated carbocycles. The number of nitrogens with zero attached hydrogens (tertiary/aromatic N) is 1. The van der Waals surface area contributed by atoms with Crippen molar-refractivity contribution < 1.29 is 14.3 Å². The van der Waals surface area contributed by atoms with Gasteiger partial charge in [-0.25, -0.2) is 4.79 Å². The van der Waals surface area contributed by atoms with Gasteiger partial charge in [0.2, 0.25) is 5.91 Å². The van der Waals surface area contributed by atoms with E-state index in [1.807, 2.05) is 61.5 Å². The third-order valence-corrected chi connectivity index (χ3v) is 4.49. The molecule has 0 aliphatic carbocycles. The van der Waals surface area contributed by atoms with Crippen molar-refractivity contribution in [1.82, 2.24) is 10.6 Å². The number of benzene rings is 2. The summed E-state index contributed by atoms with van der Waals surface area (Å²) in [6.45, 7) is 2.39. The number of rotatable bonds is 5. The van der Waals surface area contributed by atoms with E-state index in [1.54, 1.807) is 12.0 Å². The smallest absolute Gasteiger partial charge is 0.315 e. The average molecular weight is 353 g/mol. The fourth-order valence-corrected chi connectivity index (χ4v) is 3.06. The molecule has 2 N–H and O–H groups in total.